The molecule has 2 nitrogen and oxygen atoms in total. The van der Waals surface area contributed by atoms with Crippen molar-refractivity contribution in [2.75, 3.05) is 18.9 Å². The first-order valence-electron chi connectivity index (χ1n) is 6.32. The summed E-state index contributed by atoms with van der Waals surface area (Å²) in [7, 11) is 0. The number of nitrogens with one attached hydrogen (secondary N) is 1. The van der Waals surface area contributed by atoms with Gasteiger partial charge in [-0.2, -0.15) is 11.8 Å². The van der Waals surface area contributed by atoms with Crippen LogP contribution in [-0.2, 0) is 4.74 Å². The van der Waals surface area contributed by atoms with Gasteiger partial charge in [0.2, 0.25) is 0 Å². The summed E-state index contributed by atoms with van der Waals surface area (Å²) in [5.74, 6) is 1.17. The molecular weight excluding hydrogens is 218 g/mol. The lowest BCUT2D eigenvalue weighted by atomic mass is 10.0. The van der Waals surface area contributed by atoms with Gasteiger partial charge < -0.3 is 10.1 Å². The standard InChI is InChI=1S/C13H27NOS/c1-11(9-16-12(2,3)4)14-10-13(5)7-6-8-15-13/h11,14H,6-10H2,1-5H3. The molecule has 0 spiro atoms. The molecule has 0 aromatic heterocycles. The molecule has 2 unspecified atom stereocenters. The lowest BCUT2D eigenvalue weighted by Gasteiger charge is -2.27. The number of thioether (sulfide) groups is 1. The second kappa shape index (κ2) is 5.74. The fourth-order valence-electron chi connectivity index (χ4n) is 1.80. The highest BCUT2D eigenvalue weighted by atomic mass is 32.2. The monoisotopic (exact) mass is 245 g/mol. The normalized spacial score (nSPS) is 28.3. The van der Waals surface area contributed by atoms with Gasteiger partial charge in [-0.15, -0.1) is 0 Å². The summed E-state index contributed by atoms with van der Waals surface area (Å²) in [5, 5.41) is 3.59. The molecule has 1 aliphatic heterocycles. The highest BCUT2D eigenvalue weighted by Gasteiger charge is 2.29. The highest BCUT2D eigenvalue weighted by Crippen LogP contribution is 2.25. The zero-order valence-electron chi connectivity index (χ0n) is 11.4. The molecule has 96 valence electrons. The summed E-state index contributed by atoms with van der Waals surface area (Å²) in [4.78, 5) is 0. The molecule has 3 heteroatoms. The van der Waals surface area contributed by atoms with Crippen LogP contribution >= 0.6 is 11.8 Å². The Hall–Kier alpha value is 0.270. The first-order chi connectivity index (χ1) is 7.31. The molecule has 1 saturated heterocycles. The summed E-state index contributed by atoms with van der Waals surface area (Å²) in [5.41, 5.74) is 0.0840. The van der Waals surface area contributed by atoms with Gasteiger partial charge in [0, 0.05) is 29.7 Å². The van der Waals surface area contributed by atoms with E-state index in [4.69, 9.17) is 4.74 Å². The number of hydrogen-bond acceptors (Lipinski definition) is 3. The molecule has 0 aliphatic carbocycles. The molecule has 0 saturated carbocycles. The lowest BCUT2D eigenvalue weighted by Crippen LogP contribution is -2.42. The van der Waals surface area contributed by atoms with Gasteiger partial charge in [-0.3, -0.25) is 0 Å². The Morgan fingerprint density at radius 3 is 2.62 bits per heavy atom. The Labute approximate surface area is 105 Å². The van der Waals surface area contributed by atoms with E-state index in [9.17, 15) is 0 Å². The smallest absolute Gasteiger partial charge is 0.0779 e. The van der Waals surface area contributed by atoms with E-state index in [1.165, 1.54) is 18.6 Å². The number of hydrogen-bond donors (Lipinski definition) is 1. The van der Waals surface area contributed by atoms with Crippen molar-refractivity contribution in [2.45, 2.75) is 63.9 Å². The molecule has 2 atom stereocenters. The molecule has 0 radical (unpaired) electrons. The third-order valence-electron chi connectivity index (χ3n) is 2.89. The van der Waals surface area contributed by atoms with Crippen molar-refractivity contribution in [3.8, 4) is 0 Å². The molecule has 1 aliphatic rings. The molecule has 0 amide bonds. The van der Waals surface area contributed by atoms with Crippen LogP contribution in [0.25, 0.3) is 0 Å². The fourth-order valence-corrected chi connectivity index (χ4v) is 2.67. The Balaban J connectivity index is 2.17. The largest absolute Gasteiger partial charge is 0.374 e. The first-order valence-corrected chi connectivity index (χ1v) is 7.31. The van der Waals surface area contributed by atoms with E-state index in [-0.39, 0.29) is 5.60 Å². The Kier molecular flexibility index (Phi) is 5.14. The second-order valence-electron chi connectivity index (χ2n) is 6.11. The van der Waals surface area contributed by atoms with Crippen molar-refractivity contribution in [2.24, 2.45) is 0 Å². The van der Waals surface area contributed by atoms with Gasteiger partial charge in [0.1, 0.15) is 0 Å². The molecular formula is C13H27NOS. The minimum absolute atomic E-state index is 0.0840. The molecule has 0 aromatic rings. The third-order valence-corrected chi connectivity index (χ3v) is 4.42. The summed E-state index contributed by atoms with van der Waals surface area (Å²) in [6.45, 7) is 13.2. The van der Waals surface area contributed by atoms with E-state index in [0.717, 1.165) is 13.2 Å². The minimum Gasteiger partial charge on any atom is -0.374 e. The van der Waals surface area contributed by atoms with E-state index in [1.807, 2.05) is 11.8 Å². The lowest BCUT2D eigenvalue weighted by molar-refractivity contribution is 0.0196. The predicted molar refractivity (Wildman–Crippen MR) is 73.3 cm³/mol. The Morgan fingerprint density at radius 1 is 1.44 bits per heavy atom. The van der Waals surface area contributed by atoms with Crippen LogP contribution < -0.4 is 5.32 Å². The SMILES string of the molecule is CC(CSC(C)(C)C)NCC1(C)CCCO1. The minimum atomic E-state index is 0.0840. The topological polar surface area (TPSA) is 21.3 Å². The maximum absolute atomic E-state index is 5.77. The Morgan fingerprint density at radius 2 is 2.12 bits per heavy atom. The van der Waals surface area contributed by atoms with Crippen LogP contribution in [0, 0.1) is 0 Å². The van der Waals surface area contributed by atoms with Gasteiger partial charge in [0.05, 0.1) is 5.60 Å². The summed E-state index contributed by atoms with van der Waals surface area (Å²) in [6, 6.07) is 0.560. The van der Waals surface area contributed by atoms with Crippen molar-refractivity contribution in [3.63, 3.8) is 0 Å². The maximum atomic E-state index is 5.77. The van der Waals surface area contributed by atoms with Gasteiger partial charge in [0.25, 0.3) is 0 Å². The average molecular weight is 245 g/mol. The summed E-state index contributed by atoms with van der Waals surface area (Å²) in [6.07, 6.45) is 2.41. The van der Waals surface area contributed by atoms with Crippen molar-refractivity contribution in [1.82, 2.24) is 5.32 Å². The van der Waals surface area contributed by atoms with Crippen LogP contribution in [0.15, 0.2) is 0 Å². The van der Waals surface area contributed by atoms with Gasteiger partial charge in [-0.1, -0.05) is 20.8 Å². The molecule has 0 bridgehead atoms. The molecule has 1 fully saturated rings. The highest BCUT2D eigenvalue weighted by molar-refractivity contribution is 8.00. The predicted octanol–water partition coefficient (Wildman–Crippen LogP) is 3.07. The Bertz CT molecular complexity index is 206. The van der Waals surface area contributed by atoms with Gasteiger partial charge in [-0.25, -0.2) is 0 Å². The fraction of sp³-hybridized carbons (Fsp3) is 1.00. The van der Waals surface area contributed by atoms with Crippen LogP contribution in [-0.4, -0.2) is 35.3 Å². The maximum Gasteiger partial charge on any atom is 0.0779 e. The van der Waals surface area contributed by atoms with Gasteiger partial charge in [-0.05, 0) is 26.7 Å². The zero-order chi connectivity index (χ0) is 12.2. The van der Waals surface area contributed by atoms with E-state index in [0.29, 0.717) is 10.8 Å². The van der Waals surface area contributed by atoms with Crippen molar-refractivity contribution < 1.29 is 4.74 Å². The summed E-state index contributed by atoms with van der Waals surface area (Å²) >= 11 is 2.02. The molecule has 16 heavy (non-hydrogen) atoms. The molecule has 1 heterocycles. The van der Waals surface area contributed by atoms with Crippen molar-refractivity contribution in [1.29, 1.82) is 0 Å². The molecule has 1 N–H and O–H groups in total. The van der Waals surface area contributed by atoms with Gasteiger partial charge >= 0.3 is 0 Å². The van der Waals surface area contributed by atoms with E-state index >= 15 is 0 Å². The first kappa shape index (κ1) is 14.3. The van der Waals surface area contributed by atoms with Crippen LogP contribution in [0.2, 0.25) is 0 Å². The molecule has 0 aromatic carbocycles. The van der Waals surface area contributed by atoms with E-state index < -0.39 is 0 Å². The van der Waals surface area contributed by atoms with Crippen molar-refractivity contribution >= 4 is 11.8 Å². The number of ether oxygens (including phenoxy) is 1. The average Bonchev–Trinajstić information content (AvgIpc) is 2.59. The van der Waals surface area contributed by atoms with Crippen LogP contribution in [0.3, 0.4) is 0 Å². The second-order valence-corrected chi connectivity index (χ2v) is 7.95. The van der Waals surface area contributed by atoms with Crippen LogP contribution in [0.4, 0.5) is 0 Å². The third kappa shape index (κ3) is 5.55. The molecule has 1 rings (SSSR count). The quantitative estimate of drug-likeness (QED) is 0.804. The van der Waals surface area contributed by atoms with Gasteiger partial charge in [0.15, 0.2) is 0 Å². The zero-order valence-corrected chi connectivity index (χ0v) is 12.2. The van der Waals surface area contributed by atoms with Crippen LogP contribution in [0.5, 0.6) is 0 Å². The number of rotatable bonds is 5. The van der Waals surface area contributed by atoms with E-state index in [1.54, 1.807) is 0 Å². The van der Waals surface area contributed by atoms with Crippen LogP contribution in [0.1, 0.15) is 47.5 Å². The van der Waals surface area contributed by atoms with E-state index in [2.05, 4.69) is 39.9 Å². The summed E-state index contributed by atoms with van der Waals surface area (Å²) < 4.78 is 6.13. The van der Waals surface area contributed by atoms with Crippen molar-refractivity contribution in [3.05, 3.63) is 0 Å².